The van der Waals surface area contributed by atoms with Crippen LogP contribution in [0.25, 0.3) is 0 Å². The molecule has 0 radical (unpaired) electrons. The highest BCUT2D eigenvalue weighted by atomic mass is 32.2. The van der Waals surface area contributed by atoms with E-state index in [1.165, 1.54) is 27.7 Å². The molecule has 2 atom stereocenters. The second kappa shape index (κ2) is 19.7. The fourth-order valence-electron chi connectivity index (χ4n) is 3.87. The summed E-state index contributed by atoms with van der Waals surface area (Å²) in [7, 11) is -8.46. The van der Waals surface area contributed by atoms with Crippen LogP contribution in [-0.4, -0.2) is 118 Å². The molecule has 49 heavy (non-hydrogen) atoms. The van der Waals surface area contributed by atoms with E-state index in [-0.39, 0.29) is 55.7 Å². The molecule has 0 saturated carbocycles. The Balaban J connectivity index is 5.07. The molecular weight excluding hydrogens is 688 g/mol. The van der Waals surface area contributed by atoms with Crippen molar-refractivity contribution in [3.63, 3.8) is 0 Å². The standard InChI is InChI=1S/C31H56N2O14S2/c1-22(34)20-24(26(36)45-29(3,4)5)32-48(39,40)18-12-14-43-16-17-44-15-13-19-49(41,42)33(28(38)47-31(9,10)11)25(21-23(2)35)27(37)46-30(6,7)8/h24-25,32H,12-21H2,1-11H3/t24-,25-/m0/s1. The Bertz CT molecular complexity index is 1340. The van der Waals surface area contributed by atoms with Gasteiger partial charge in [0.05, 0.1) is 24.7 Å². The van der Waals surface area contributed by atoms with Crippen LogP contribution in [0.2, 0.25) is 0 Å². The van der Waals surface area contributed by atoms with Gasteiger partial charge in [-0.05, 0) is 89.0 Å². The Morgan fingerprint density at radius 1 is 0.612 bits per heavy atom. The molecule has 1 N–H and O–H groups in total. The van der Waals surface area contributed by atoms with Crippen LogP contribution in [-0.2, 0) is 62.9 Å². The average Bonchev–Trinajstić information content (AvgIpc) is 2.85. The highest BCUT2D eigenvalue weighted by molar-refractivity contribution is 7.89. The van der Waals surface area contributed by atoms with E-state index >= 15 is 0 Å². The Kier molecular flexibility index (Phi) is 18.6. The highest BCUT2D eigenvalue weighted by Gasteiger charge is 2.43. The summed E-state index contributed by atoms with van der Waals surface area (Å²) in [6, 6.07) is -3.13. The number of hydrogen-bond donors (Lipinski definition) is 1. The maximum absolute atomic E-state index is 13.4. The third kappa shape index (κ3) is 21.9. The smallest absolute Gasteiger partial charge is 0.424 e. The molecule has 0 unspecified atom stereocenters. The van der Waals surface area contributed by atoms with Crippen molar-refractivity contribution in [2.24, 2.45) is 0 Å². The number of nitrogens with one attached hydrogen (secondary N) is 1. The molecular formula is C31H56N2O14S2. The van der Waals surface area contributed by atoms with Crippen molar-refractivity contribution in [3.05, 3.63) is 0 Å². The third-order valence-corrected chi connectivity index (χ3v) is 8.86. The number of carbonyl (C=O) groups excluding carboxylic acids is 5. The van der Waals surface area contributed by atoms with Gasteiger partial charge in [0.1, 0.15) is 34.4 Å². The zero-order valence-electron chi connectivity index (χ0n) is 30.7. The molecule has 0 heterocycles. The third-order valence-electron chi connectivity index (χ3n) is 5.59. The topological polar surface area (TPSA) is 215 Å². The fraction of sp³-hybridized carbons (Fsp3) is 0.839. The molecule has 0 saturated heterocycles. The lowest BCUT2D eigenvalue weighted by atomic mass is 10.1. The molecule has 0 aromatic carbocycles. The molecule has 0 rings (SSSR count). The average molecular weight is 745 g/mol. The van der Waals surface area contributed by atoms with Crippen LogP contribution in [0.15, 0.2) is 0 Å². The number of ether oxygens (including phenoxy) is 5. The van der Waals surface area contributed by atoms with Crippen LogP contribution in [0.1, 0.15) is 102 Å². The maximum atomic E-state index is 13.4. The summed E-state index contributed by atoms with van der Waals surface area (Å²) in [4.78, 5) is 62.0. The lowest BCUT2D eigenvalue weighted by molar-refractivity contribution is -0.160. The lowest BCUT2D eigenvalue weighted by Crippen LogP contribution is -2.53. The van der Waals surface area contributed by atoms with E-state index in [9.17, 15) is 40.8 Å². The molecule has 0 aliphatic rings. The number of Topliss-reactive ketones (excluding diaryl/α,β-unsaturated/α-hetero) is 2. The Hall–Kier alpha value is -2.67. The number of esters is 2. The molecule has 0 bridgehead atoms. The van der Waals surface area contributed by atoms with Gasteiger partial charge in [0.25, 0.3) is 0 Å². The maximum Gasteiger partial charge on any atom is 0.424 e. The van der Waals surface area contributed by atoms with Crippen molar-refractivity contribution in [2.75, 3.05) is 37.9 Å². The van der Waals surface area contributed by atoms with Crippen molar-refractivity contribution in [1.29, 1.82) is 0 Å². The van der Waals surface area contributed by atoms with E-state index in [0.29, 0.717) is 0 Å². The minimum absolute atomic E-state index is 0.0233. The van der Waals surface area contributed by atoms with Crippen LogP contribution in [0, 0.1) is 0 Å². The zero-order chi connectivity index (χ0) is 38.4. The van der Waals surface area contributed by atoms with Crippen molar-refractivity contribution >= 4 is 49.6 Å². The second-order valence-electron chi connectivity index (χ2n) is 14.4. The van der Waals surface area contributed by atoms with E-state index in [1.807, 2.05) is 0 Å². The largest absolute Gasteiger partial charge is 0.459 e. The Morgan fingerprint density at radius 2 is 1.04 bits per heavy atom. The van der Waals surface area contributed by atoms with Crippen LogP contribution >= 0.6 is 0 Å². The van der Waals surface area contributed by atoms with Crippen LogP contribution in [0.5, 0.6) is 0 Å². The first-order valence-corrected chi connectivity index (χ1v) is 19.2. The summed E-state index contributed by atoms with van der Waals surface area (Å²) in [6.07, 6.45) is -2.32. The van der Waals surface area contributed by atoms with E-state index < -0.39 is 90.7 Å². The molecule has 18 heteroatoms. The number of ketones is 2. The molecule has 0 fully saturated rings. The van der Waals surface area contributed by atoms with Crippen LogP contribution < -0.4 is 4.72 Å². The van der Waals surface area contributed by atoms with E-state index in [1.54, 1.807) is 41.5 Å². The molecule has 1 amide bonds. The number of sulfonamides is 2. The van der Waals surface area contributed by atoms with E-state index in [4.69, 9.17) is 23.7 Å². The summed E-state index contributed by atoms with van der Waals surface area (Å²) < 4.78 is 80.8. The molecule has 0 aliphatic carbocycles. The van der Waals surface area contributed by atoms with Gasteiger partial charge < -0.3 is 23.7 Å². The minimum Gasteiger partial charge on any atom is -0.459 e. The predicted octanol–water partition coefficient (Wildman–Crippen LogP) is 2.66. The first-order valence-electron chi connectivity index (χ1n) is 15.9. The molecule has 0 aliphatic heterocycles. The van der Waals surface area contributed by atoms with Crippen LogP contribution in [0.3, 0.4) is 0 Å². The van der Waals surface area contributed by atoms with Crippen LogP contribution in [0.4, 0.5) is 4.79 Å². The molecule has 16 nitrogen and oxygen atoms in total. The monoisotopic (exact) mass is 744 g/mol. The van der Waals surface area contributed by atoms with Crippen molar-refractivity contribution in [2.45, 2.75) is 131 Å². The van der Waals surface area contributed by atoms with Gasteiger partial charge in [0.2, 0.25) is 20.0 Å². The molecule has 0 aromatic rings. The normalized spacial score (nSPS) is 14.0. The van der Waals surface area contributed by atoms with Gasteiger partial charge in [0, 0.05) is 26.1 Å². The van der Waals surface area contributed by atoms with Gasteiger partial charge in [0.15, 0.2) is 6.04 Å². The van der Waals surface area contributed by atoms with Crippen molar-refractivity contribution < 1.29 is 64.5 Å². The summed E-state index contributed by atoms with van der Waals surface area (Å²) in [6.45, 7) is 16.5. The molecule has 0 spiro atoms. The SMILES string of the molecule is CC(=O)C[C@H](NS(=O)(=O)CCCOCCOCCCS(=O)(=O)N(C(=O)OC(C)(C)C)[C@@H](CC(C)=O)C(=O)OC(C)(C)C)C(=O)OC(C)(C)C. The fourth-order valence-corrected chi connectivity index (χ4v) is 6.59. The first kappa shape index (κ1) is 46.3. The summed E-state index contributed by atoms with van der Waals surface area (Å²) in [5.74, 6) is -3.88. The van der Waals surface area contributed by atoms with Gasteiger partial charge in [-0.25, -0.2) is 31.1 Å². The lowest BCUT2D eigenvalue weighted by Gasteiger charge is -2.32. The summed E-state index contributed by atoms with van der Waals surface area (Å²) in [5.41, 5.74) is -3.01. The second-order valence-corrected chi connectivity index (χ2v) is 18.2. The van der Waals surface area contributed by atoms with Gasteiger partial charge in [-0.2, -0.15) is 4.31 Å². The Morgan fingerprint density at radius 3 is 1.47 bits per heavy atom. The number of rotatable bonds is 21. The quantitative estimate of drug-likeness (QED) is 0.102. The van der Waals surface area contributed by atoms with Gasteiger partial charge in [-0.15, -0.1) is 0 Å². The van der Waals surface area contributed by atoms with E-state index in [0.717, 1.165) is 6.92 Å². The van der Waals surface area contributed by atoms with Crippen molar-refractivity contribution in [3.8, 4) is 0 Å². The summed E-state index contributed by atoms with van der Waals surface area (Å²) >= 11 is 0. The molecule has 286 valence electrons. The number of amides is 1. The highest BCUT2D eigenvalue weighted by Crippen LogP contribution is 2.22. The first-order chi connectivity index (χ1) is 22.1. The van der Waals surface area contributed by atoms with Gasteiger partial charge in [-0.3, -0.25) is 14.4 Å². The van der Waals surface area contributed by atoms with Gasteiger partial charge >= 0.3 is 18.0 Å². The number of hydrogen-bond acceptors (Lipinski definition) is 14. The Labute approximate surface area is 291 Å². The number of carbonyl (C=O) groups is 5. The predicted molar refractivity (Wildman–Crippen MR) is 180 cm³/mol. The zero-order valence-corrected chi connectivity index (χ0v) is 32.3. The minimum atomic E-state index is -4.50. The van der Waals surface area contributed by atoms with E-state index in [2.05, 4.69) is 4.72 Å². The molecule has 0 aromatic heterocycles. The van der Waals surface area contributed by atoms with Gasteiger partial charge in [-0.1, -0.05) is 0 Å². The summed E-state index contributed by atoms with van der Waals surface area (Å²) in [5, 5.41) is 0. The number of nitrogens with zero attached hydrogens (tertiary/aromatic N) is 1. The van der Waals surface area contributed by atoms with Crippen molar-refractivity contribution in [1.82, 2.24) is 9.03 Å².